The molecule has 2 atom stereocenters. The average molecular weight is 588 g/mol. The van der Waals surface area contributed by atoms with E-state index in [0.29, 0.717) is 25.4 Å². The number of carbonyl (C=O) groups is 1. The number of alkyl halides is 3. The Morgan fingerprint density at radius 2 is 1.88 bits per heavy atom. The summed E-state index contributed by atoms with van der Waals surface area (Å²) in [7, 11) is 0. The molecule has 1 aromatic carbocycles. The zero-order valence-electron chi connectivity index (χ0n) is 24.1. The van der Waals surface area contributed by atoms with Crippen LogP contribution in [-0.2, 0) is 4.74 Å². The molecule has 0 N–H and O–H groups in total. The highest BCUT2D eigenvalue weighted by atomic mass is 35.5. The number of piperazine rings is 1. The number of esters is 1. The molecule has 2 unspecified atom stereocenters. The van der Waals surface area contributed by atoms with Crippen LogP contribution in [0.4, 0.5) is 8.78 Å². The van der Waals surface area contributed by atoms with Crippen LogP contribution in [0.5, 0.6) is 0 Å². The van der Waals surface area contributed by atoms with Crippen molar-refractivity contribution in [2.75, 3.05) is 45.9 Å². The highest BCUT2D eigenvalue weighted by molar-refractivity contribution is 6.25. The van der Waals surface area contributed by atoms with E-state index in [1.807, 2.05) is 18.2 Å². The molecule has 2 aromatic rings. The van der Waals surface area contributed by atoms with Gasteiger partial charge < -0.3 is 9.64 Å². The number of piperidine rings is 1. The summed E-state index contributed by atoms with van der Waals surface area (Å²) in [6.07, 6.45) is 4.74. The maximum absolute atomic E-state index is 14.3. The standard InChI is InChI=1S/C31H40ClF2N5O2/c1-4-41-30(40)26-20-35-39(28(26)29(33)34)24-11-8-14-37(21-24)27-19-31(32,38-17-15-36(16-18-38)22(2)3)13-12-25(27)23-9-6-5-7-10-23/h5-7,9-10,12-13,20,22,24,29H,4,8,11,14-19,21H2,1-3H3. The highest BCUT2D eigenvalue weighted by Crippen LogP contribution is 2.42. The van der Waals surface area contributed by atoms with Gasteiger partial charge in [0.05, 0.1) is 18.8 Å². The first-order valence-electron chi connectivity index (χ1n) is 14.6. The summed E-state index contributed by atoms with van der Waals surface area (Å²) in [4.78, 5) is 18.9. The fourth-order valence-electron chi connectivity index (χ4n) is 6.33. The van der Waals surface area contributed by atoms with E-state index in [2.05, 4.69) is 57.9 Å². The van der Waals surface area contributed by atoms with Crippen LogP contribution in [0.25, 0.3) is 5.57 Å². The van der Waals surface area contributed by atoms with Crippen LogP contribution in [0.15, 0.2) is 54.4 Å². The third-order valence-corrected chi connectivity index (χ3v) is 9.05. The molecule has 5 rings (SSSR count). The van der Waals surface area contributed by atoms with Crippen molar-refractivity contribution in [3.63, 3.8) is 0 Å². The van der Waals surface area contributed by atoms with Crippen LogP contribution in [0.2, 0.25) is 0 Å². The summed E-state index contributed by atoms with van der Waals surface area (Å²) in [5, 5.41) is 4.28. The molecule has 2 fully saturated rings. The van der Waals surface area contributed by atoms with Crippen molar-refractivity contribution >= 4 is 23.1 Å². The first kappa shape index (κ1) is 29.7. The normalized spacial score (nSPS) is 24.5. The monoisotopic (exact) mass is 587 g/mol. The lowest BCUT2D eigenvalue weighted by Crippen LogP contribution is -2.56. The van der Waals surface area contributed by atoms with Crippen LogP contribution >= 0.6 is 11.6 Å². The summed E-state index contributed by atoms with van der Waals surface area (Å²) in [6.45, 7) is 11.2. The molecule has 41 heavy (non-hydrogen) atoms. The summed E-state index contributed by atoms with van der Waals surface area (Å²) in [6, 6.07) is 10.4. The number of halogens is 3. The van der Waals surface area contributed by atoms with E-state index in [1.165, 1.54) is 10.9 Å². The third kappa shape index (κ3) is 6.22. The van der Waals surface area contributed by atoms with Gasteiger partial charge in [0.25, 0.3) is 6.43 Å². The van der Waals surface area contributed by atoms with Crippen molar-refractivity contribution in [3.8, 4) is 0 Å². The molecule has 0 bridgehead atoms. The maximum atomic E-state index is 14.3. The number of aromatic nitrogens is 2. The molecule has 0 saturated carbocycles. The topological polar surface area (TPSA) is 53.8 Å². The van der Waals surface area contributed by atoms with Crippen LogP contribution < -0.4 is 0 Å². The van der Waals surface area contributed by atoms with Gasteiger partial charge in [0.2, 0.25) is 0 Å². The van der Waals surface area contributed by atoms with E-state index in [1.54, 1.807) is 6.92 Å². The minimum atomic E-state index is -2.84. The number of carbonyl (C=O) groups excluding carboxylic acids is 1. The van der Waals surface area contributed by atoms with E-state index >= 15 is 0 Å². The minimum Gasteiger partial charge on any atom is -0.462 e. The van der Waals surface area contributed by atoms with Crippen LogP contribution in [0.1, 0.15) is 74.1 Å². The third-order valence-electron chi connectivity index (χ3n) is 8.55. The van der Waals surface area contributed by atoms with E-state index < -0.39 is 17.4 Å². The van der Waals surface area contributed by atoms with E-state index in [-0.39, 0.29) is 23.9 Å². The number of allylic oxidation sites excluding steroid dienone is 2. The Morgan fingerprint density at radius 3 is 2.54 bits per heavy atom. The Morgan fingerprint density at radius 1 is 1.15 bits per heavy atom. The van der Waals surface area contributed by atoms with Crippen LogP contribution in [0.3, 0.4) is 0 Å². The largest absolute Gasteiger partial charge is 0.462 e. The second-order valence-corrected chi connectivity index (χ2v) is 12.0. The molecule has 3 aliphatic rings. The second-order valence-electron chi connectivity index (χ2n) is 11.3. The van der Waals surface area contributed by atoms with Gasteiger partial charge in [0, 0.05) is 63.0 Å². The summed E-state index contributed by atoms with van der Waals surface area (Å²) in [5.41, 5.74) is 2.78. The van der Waals surface area contributed by atoms with Gasteiger partial charge in [-0.05, 0) is 45.3 Å². The Balaban J connectivity index is 1.45. The van der Waals surface area contributed by atoms with E-state index in [4.69, 9.17) is 16.3 Å². The molecule has 1 aromatic heterocycles. The molecule has 1 aliphatic carbocycles. The number of hydrogen-bond donors (Lipinski definition) is 0. The summed E-state index contributed by atoms with van der Waals surface area (Å²) in [5.74, 6) is -0.766. The fraction of sp³-hybridized carbons (Fsp3) is 0.548. The van der Waals surface area contributed by atoms with Gasteiger partial charge in [0.1, 0.15) is 16.3 Å². The molecule has 3 heterocycles. The van der Waals surface area contributed by atoms with Gasteiger partial charge in [-0.1, -0.05) is 48.0 Å². The van der Waals surface area contributed by atoms with Crippen molar-refractivity contribution in [3.05, 3.63) is 71.2 Å². The second kappa shape index (κ2) is 12.6. The zero-order valence-corrected chi connectivity index (χ0v) is 24.9. The van der Waals surface area contributed by atoms with Gasteiger partial charge in [0.15, 0.2) is 0 Å². The molecule has 7 nitrogen and oxygen atoms in total. The lowest BCUT2D eigenvalue weighted by molar-refractivity contribution is 0.0511. The van der Waals surface area contributed by atoms with Crippen LogP contribution in [0, 0.1) is 0 Å². The molecule has 222 valence electrons. The highest BCUT2D eigenvalue weighted by Gasteiger charge is 2.40. The number of likely N-dealkylation sites (tertiary alicyclic amines) is 1. The fourth-order valence-corrected chi connectivity index (χ4v) is 6.69. The molecule has 2 aliphatic heterocycles. The Labute approximate surface area is 246 Å². The van der Waals surface area contributed by atoms with Gasteiger partial charge in [-0.15, -0.1) is 0 Å². The number of hydrogen-bond acceptors (Lipinski definition) is 6. The molecule has 0 amide bonds. The smallest absolute Gasteiger partial charge is 0.341 e. The molecule has 10 heteroatoms. The first-order chi connectivity index (χ1) is 19.7. The Bertz CT molecular complexity index is 1270. The molecule has 0 radical (unpaired) electrons. The SMILES string of the molecule is CCOC(=O)c1cnn(C2CCCN(C3=C(c4ccccc4)C=CC(Cl)(N4CCN(C(C)C)CC4)C3)C2)c1C(F)F. The Hall–Kier alpha value is -2.75. The first-order valence-corrected chi connectivity index (χ1v) is 15.0. The molecule has 0 spiro atoms. The van der Waals surface area contributed by atoms with Gasteiger partial charge in [-0.2, -0.15) is 5.10 Å². The maximum Gasteiger partial charge on any atom is 0.341 e. The van der Waals surface area contributed by atoms with Crippen molar-refractivity contribution in [1.82, 2.24) is 24.5 Å². The van der Waals surface area contributed by atoms with Crippen molar-refractivity contribution in [1.29, 1.82) is 0 Å². The quantitative estimate of drug-likeness (QED) is 0.216. The number of nitrogens with zero attached hydrogens (tertiary/aromatic N) is 5. The predicted molar refractivity (Wildman–Crippen MR) is 157 cm³/mol. The lowest BCUT2D eigenvalue weighted by atomic mass is 9.90. The van der Waals surface area contributed by atoms with Crippen LogP contribution in [-0.4, -0.2) is 87.4 Å². The van der Waals surface area contributed by atoms with Crippen molar-refractivity contribution < 1.29 is 18.3 Å². The van der Waals surface area contributed by atoms with Gasteiger partial charge >= 0.3 is 5.97 Å². The molecular formula is C31H40ClF2N5O2. The summed E-state index contributed by atoms with van der Waals surface area (Å²) >= 11 is 7.43. The van der Waals surface area contributed by atoms with Crippen molar-refractivity contribution in [2.45, 2.75) is 63.5 Å². The van der Waals surface area contributed by atoms with E-state index in [9.17, 15) is 13.6 Å². The molecular weight excluding hydrogens is 548 g/mol. The number of rotatable bonds is 8. The Kier molecular flexibility index (Phi) is 9.16. The zero-order chi connectivity index (χ0) is 29.1. The lowest BCUT2D eigenvalue weighted by Gasteiger charge is -2.47. The summed E-state index contributed by atoms with van der Waals surface area (Å²) < 4.78 is 34.9. The molecule has 2 saturated heterocycles. The number of ether oxygens (including phenoxy) is 1. The van der Waals surface area contributed by atoms with Gasteiger partial charge in [-0.3, -0.25) is 14.5 Å². The predicted octanol–water partition coefficient (Wildman–Crippen LogP) is 5.97. The van der Waals surface area contributed by atoms with Crippen molar-refractivity contribution in [2.24, 2.45) is 0 Å². The number of benzene rings is 1. The van der Waals surface area contributed by atoms with E-state index in [0.717, 1.165) is 56.0 Å². The van der Waals surface area contributed by atoms with Gasteiger partial charge in [-0.25, -0.2) is 13.6 Å². The average Bonchev–Trinajstić information content (AvgIpc) is 3.44. The minimum absolute atomic E-state index is 0.112.